The van der Waals surface area contributed by atoms with E-state index in [0.717, 1.165) is 35.3 Å². The molecule has 21 heavy (non-hydrogen) atoms. The summed E-state index contributed by atoms with van der Waals surface area (Å²) in [6.07, 6.45) is 2.35. The normalized spacial score (nSPS) is 20.8. The number of fused-ring (bicyclic) bond motifs is 1. The number of hydrogen-bond donors (Lipinski definition) is 1. The van der Waals surface area contributed by atoms with Crippen molar-refractivity contribution in [1.82, 2.24) is 5.32 Å². The Morgan fingerprint density at radius 2 is 2.38 bits per heavy atom. The van der Waals surface area contributed by atoms with Crippen LogP contribution in [0.2, 0.25) is 0 Å². The summed E-state index contributed by atoms with van der Waals surface area (Å²) in [5.74, 6) is 1.40. The van der Waals surface area contributed by atoms with Crippen molar-refractivity contribution in [3.63, 3.8) is 0 Å². The van der Waals surface area contributed by atoms with Gasteiger partial charge in [0.25, 0.3) is 0 Å². The van der Waals surface area contributed by atoms with Crippen molar-refractivity contribution in [3.8, 4) is 0 Å². The first-order valence-electron chi connectivity index (χ1n) is 7.12. The van der Waals surface area contributed by atoms with E-state index < -0.39 is 0 Å². The highest BCUT2D eigenvalue weighted by Gasteiger charge is 2.17. The molecule has 0 unspecified atom stereocenters. The molecule has 0 spiro atoms. The van der Waals surface area contributed by atoms with Crippen molar-refractivity contribution in [2.75, 3.05) is 18.9 Å². The molecule has 3 rings (SSSR count). The van der Waals surface area contributed by atoms with E-state index in [4.69, 9.17) is 4.74 Å². The van der Waals surface area contributed by atoms with Crippen molar-refractivity contribution in [1.29, 1.82) is 0 Å². The Bertz CT molecular complexity index is 542. The maximum Gasteiger partial charge on any atom is 0.230 e. The zero-order valence-corrected chi connectivity index (χ0v) is 13.3. The lowest BCUT2D eigenvalue weighted by atomic mass is 10.2. The van der Waals surface area contributed by atoms with Crippen LogP contribution in [0.15, 0.2) is 29.3 Å². The molecule has 6 heteroatoms. The third-order valence-corrected chi connectivity index (χ3v) is 5.68. The highest BCUT2D eigenvalue weighted by molar-refractivity contribution is 8.38. The lowest BCUT2D eigenvalue weighted by Crippen LogP contribution is -2.33. The zero-order valence-electron chi connectivity index (χ0n) is 11.7. The molecule has 0 saturated carbocycles. The van der Waals surface area contributed by atoms with E-state index in [9.17, 15) is 4.79 Å². The molecule has 1 aromatic rings. The molecule has 0 aromatic heterocycles. The standard InChI is InChI=1S/C15H18N2O2S2/c18-14(16-8-12-5-3-7-19-12)10-21-15-17-13-6-2-1-4-11(13)9-20-15/h1-2,4,6,12H,3,5,7-10H2,(H,16,18)/t12-/m1/s1. The molecule has 1 N–H and O–H groups in total. The number of thioether (sulfide) groups is 2. The summed E-state index contributed by atoms with van der Waals surface area (Å²) in [5, 5.41) is 2.93. The van der Waals surface area contributed by atoms with Crippen molar-refractivity contribution in [2.24, 2.45) is 4.99 Å². The predicted molar refractivity (Wildman–Crippen MR) is 89.3 cm³/mol. The van der Waals surface area contributed by atoms with Crippen LogP contribution in [0.3, 0.4) is 0 Å². The average molecular weight is 322 g/mol. The molecular formula is C15H18N2O2S2. The van der Waals surface area contributed by atoms with Gasteiger partial charge in [-0.3, -0.25) is 4.79 Å². The Hall–Kier alpha value is -0.980. The number of rotatable bonds is 4. The molecule has 2 aliphatic heterocycles. The highest BCUT2D eigenvalue weighted by Crippen LogP contribution is 2.34. The fourth-order valence-corrected chi connectivity index (χ4v) is 4.19. The van der Waals surface area contributed by atoms with Gasteiger partial charge >= 0.3 is 0 Å². The zero-order chi connectivity index (χ0) is 14.5. The van der Waals surface area contributed by atoms with Crippen LogP contribution < -0.4 is 5.32 Å². The first kappa shape index (κ1) is 14.9. The number of aliphatic imine (C=N–C) groups is 1. The molecule has 1 saturated heterocycles. The van der Waals surface area contributed by atoms with Gasteiger partial charge in [0.15, 0.2) is 0 Å². The van der Waals surface area contributed by atoms with Gasteiger partial charge in [-0.25, -0.2) is 4.99 Å². The van der Waals surface area contributed by atoms with Crippen LogP contribution in [-0.2, 0) is 15.3 Å². The summed E-state index contributed by atoms with van der Waals surface area (Å²) in [5.41, 5.74) is 2.29. The molecule has 0 radical (unpaired) electrons. The van der Waals surface area contributed by atoms with Crippen molar-refractivity contribution < 1.29 is 9.53 Å². The largest absolute Gasteiger partial charge is 0.376 e. The summed E-state index contributed by atoms with van der Waals surface area (Å²) >= 11 is 3.21. The smallest absolute Gasteiger partial charge is 0.230 e. The van der Waals surface area contributed by atoms with Crippen LogP contribution in [-0.4, -0.2) is 35.3 Å². The van der Waals surface area contributed by atoms with E-state index in [0.29, 0.717) is 12.3 Å². The second-order valence-electron chi connectivity index (χ2n) is 5.02. The molecule has 1 fully saturated rings. The first-order valence-corrected chi connectivity index (χ1v) is 9.09. The Morgan fingerprint density at radius 1 is 1.48 bits per heavy atom. The number of nitrogens with one attached hydrogen (secondary N) is 1. The number of hydrogen-bond acceptors (Lipinski definition) is 5. The third-order valence-electron chi connectivity index (χ3n) is 3.43. The second kappa shape index (κ2) is 7.33. The maximum atomic E-state index is 11.8. The molecule has 2 aliphatic rings. The van der Waals surface area contributed by atoms with Crippen molar-refractivity contribution in [3.05, 3.63) is 29.8 Å². The number of ether oxygens (including phenoxy) is 1. The van der Waals surface area contributed by atoms with E-state index in [2.05, 4.69) is 16.4 Å². The summed E-state index contributed by atoms with van der Waals surface area (Å²) in [4.78, 5) is 16.4. The predicted octanol–water partition coefficient (Wildman–Crippen LogP) is 2.95. The van der Waals surface area contributed by atoms with Crippen LogP contribution in [0.25, 0.3) is 0 Å². The van der Waals surface area contributed by atoms with Crippen LogP contribution in [0.1, 0.15) is 18.4 Å². The van der Waals surface area contributed by atoms with E-state index in [1.165, 1.54) is 17.3 Å². The molecule has 0 aliphatic carbocycles. The highest BCUT2D eigenvalue weighted by atomic mass is 32.2. The van der Waals surface area contributed by atoms with E-state index >= 15 is 0 Å². The number of benzene rings is 1. The van der Waals surface area contributed by atoms with Crippen LogP contribution >= 0.6 is 23.5 Å². The summed E-state index contributed by atoms with van der Waals surface area (Å²) < 4.78 is 6.46. The topological polar surface area (TPSA) is 50.7 Å². The lowest BCUT2D eigenvalue weighted by Gasteiger charge is -2.14. The van der Waals surface area contributed by atoms with Gasteiger partial charge in [0, 0.05) is 18.9 Å². The van der Waals surface area contributed by atoms with Gasteiger partial charge in [-0.05, 0) is 24.5 Å². The monoisotopic (exact) mass is 322 g/mol. The maximum absolute atomic E-state index is 11.8. The minimum Gasteiger partial charge on any atom is -0.376 e. The summed E-state index contributed by atoms with van der Waals surface area (Å²) in [6, 6.07) is 8.15. The van der Waals surface area contributed by atoms with Gasteiger partial charge in [-0.1, -0.05) is 41.7 Å². The van der Waals surface area contributed by atoms with E-state index in [-0.39, 0.29) is 12.0 Å². The molecule has 0 bridgehead atoms. The fourth-order valence-electron chi connectivity index (χ4n) is 2.30. The Labute approximate surface area is 133 Å². The van der Waals surface area contributed by atoms with Gasteiger partial charge in [0.05, 0.1) is 17.5 Å². The molecular weight excluding hydrogens is 304 g/mol. The van der Waals surface area contributed by atoms with Gasteiger partial charge in [-0.2, -0.15) is 0 Å². The Morgan fingerprint density at radius 3 is 3.24 bits per heavy atom. The van der Waals surface area contributed by atoms with Crippen molar-refractivity contribution in [2.45, 2.75) is 24.7 Å². The van der Waals surface area contributed by atoms with Crippen LogP contribution in [0.4, 0.5) is 5.69 Å². The van der Waals surface area contributed by atoms with Gasteiger partial charge in [-0.15, -0.1) is 0 Å². The first-order chi connectivity index (χ1) is 10.3. The second-order valence-corrected chi connectivity index (χ2v) is 7.21. The number of amides is 1. The van der Waals surface area contributed by atoms with E-state index in [1.807, 2.05) is 18.2 Å². The van der Waals surface area contributed by atoms with Crippen molar-refractivity contribution >= 4 is 39.5 Å². The minimum absolute atomic E-state index is 0.0534. The van der Waals surface area contributed by atoms with Gasteiger partial charge in [0.2, 0.25) is 5.91 Å². The molecule has 1 amide bonds. The quantitative estimate of drug-likeness (QED) is 0.926. The Balaban J connectivity index is 1.45. The third kappa shape index (κ3) is 4.25. The number of carbonyl (C=O) groups is 1. The number of carbonyl (C=O) groups excluding carboxylic acids is 1. The van der Waals surface area contributed by atoms with E-state index in [1.54, 1.807) is 11.8 Å². The molecule has 112 valence electrons. The molecule has 1 atom stereocenters. The Kier molecular flexibility index (Phi) is 5.22. The SMILES string of the molecule is O=C(CSC1=Nc2ccccc2CS1)NC[C@H]1CCCO1. The average Bonchev–Trinajstić information content (AvgIpc) is 3.04. The number of para-hydroxylation sites is 1. The minimum atomic E-state index is 0.0534. The molecule has 1 aromatic carbocycles. The fraction of sp³-hybridized carbons (Fsp3) is 0.467. The van der Waals surface area contributed by atoms with Gasteiger partial charge < -0.3 is 10.1 Å². The summed E-state index contributed by atoms with van der Waals surface area (Å²) in [6.45, 7) is 1.45. The molecule has 2 heterocycles. The summed E-state index contributed by atoms with van der Waals surface area (Å²) in [7, 11) is 0. The lowest BCUT2D eigenvalue weighted by molar-refractivity contribution is -0.119. The van der Waals surface area contributed by atoms with Crippen LogP contribution in [0.5, 0.6) is 0 Å². The van der Waals surface area contributed by atoms with Gasteiger partial charge in [0.1, 0.15) is 4.38 Å². The number of nitrogens with zero attached hydrogens (tertiary/aromatic N) is 1. The van der Waals surface area contributed by atoms with Crippen LogP contribution in [0, 0.1) is 0 Å². The molecule has 4 nitrogen and oxygen atoms in total.